The van der Waals surface area contributed by atoms with Crippen LogP contribution in [-0.4, -0.2) is 34.8 Å². The minimum atomic E-state index is -3.62. The molecule has 0 saturated carbocycles. The van der Waals surface area contributed by atoms with Crippen LogP contribution in [0.1, 0.15) is 60.8 Å². The largest absolute Gasteiger partial charge is 0.318 e. The Balaban J connectivity index is 2.27. The number of pyridine rings is 1. The highest BCUT2D eigenvalue weighted by atomic mass is 32.2. The summed E-state index contributed by atoms with van der Waals surface area (Å²) in [6, 6.07) is 10.7. The van der Waals surface area contributed by atoms with Crippen molar-refractivity contribution in [3.05, 3.63) is 93.2 Å². The van der Waals surface area contributed by atoms with Gasteiger partial charge in [0.1, 0.15) is 5.82 Å². The van der Waals surface area contributed by atoms with Crippen LogP contribution in [0, 0.1) is 5.82 Å². The van der Waals surface area contributed by atoms with Crippen molar-refractivity contribution in [2.24, 2.45) is 7.05 Å². The number of halogens is 1. The number of sulfonamides is 1. The first-order chi connectivity index (χ1) is 17.6. The van der Waals surface area contributed by atoms with Gasteiger partial charge in [-0.05, 0) is 81.8 Å². The fraction of sp³-hybridized carbons (Fsp3) is 0.333. The van der Waals surface area contributed by atoms with E-state index in [-0.39, 0.29) is 22.4 Å². The average Bonchev–Trinajstić information content (AvgIpc) is 2.84. The Morgan fingerprint density at radius 3 is 2.29 bits per heavy atom. The first-order valence-electron chi connectivity index (χ1n) is 11.9. The van der Waals surface area contributed by atoms with Crippen molar-refractivity contribution in [3.8, 4) is 11.1 Å². The second kappa shape index (κ2) is 11.4. The zero-order chi connectivity index (χ0) is 28.4. The molecule has 1 heterocycles. The Labute approximate surface area is 224 Å². The van der Waals surface area contributed by atoms with E-state index < -0.39 is 43.4 Å². The number of carbonyl (C=O) groups is 1. The summed E-state index contributed by atoms with van der Waals surface area (Å²) in [5, 5.41) is 0. The van der Waals surface area contributed by atoms with Gasteiger partial charge in [0, 0.05) is 42.0 Å². The monoisotopic (exact) mass is 561 g/mol. The van der Waals surface area contributed by atoms with E-state index in [1.807, 2.05) is 20.8 Å². The van der Waals surface area contributed by atoms with Crippen LogP contribution in [0.15, 0.2) is 59.5 Å². The summed E-state index contributed by atoms with van der Waals surface area (Å²) in [6.07, 6.45) is 1.57. The molecule has 0 radical (unpaired) electrons. The van der Waals surface area contributed by atoms with E-state index in [4.69, 9.17) is 0 Å². The Morgan fingerprint density at radius 1 is 1.08 bits per heavy atom. The van der Waals surface area contributed by atoms with Crippen molar-refractivity contribution >= 4 is 26.8 Å². The summed E-state index contributed by atoms with van der Waals surface area (Å²) < 4.78 is 57.0. The first kappa shape index (κ1) is 29.6. The molecule has 0 spiro atoms. The van der Waals surface area contributed by atoms with E-state index in [1.54, 1.807) is 32.3 Å². The third-order valence-electron chi connectivity index (χ3n) is 5.96. The number of aromatic nitrogens is 1. The third-order valence-corrected chi connectivity index (χ3v) is 8.98. The zero-order valence-electron chi connectivity index (χ0n) is 22.2. The molecule has 3 aromatic rings. The van der Waals surface area contributed by atoms with Gasteiger partial charge >= 0.3 is 0 Å². The molecule has 2 atom stereocenters. The van der Waals surface area contributed by atoms with Gasteiger partial charge in [0.05, 0.1) is 21.5 Å². The topological polar surface area (TPSA) is 114 Å². The van der Waals surface area contributed by atoms with E-state index >= 15 is 0 Å². The van der Waals surface area contributed by atoms with Gasteiger partial charge < -0.3 is 4.57 Å². The highest BCUT2D eigenvalue weighted by Gasteiger charge is 2.25. The molecular formula is C27H32FN3O5S2. The Morgan fingerprint density at radius 2 is 1.71 bits per heavy atom. The fourth-order valence-electron chi connectivity index (χ4n) is 3.78. The molecule has 2 N–H and O–H groups in total. The van der Waals surface area contributed by atoms with E-state index in [2.05, 4.69) is 9.44 Å². The van der Waals surface area contributed by atoms with Gasteiger partial charge in [0.25, 0.3) is 5.56 Å². The number of aryl methyl sites for hydroxylation is 1. The lowest BCUT2D eigenvalue weighted by Gasteiger charge is -2.24. The van der Waals surface area contributed by atoms with Crippen molar-refractivity contribution in [1.82, 2.24) is 14.0 Å². The molecule has 0 amide bonds. The molecule has 204 valence electrons. The van der Waals surface area contributed by atoms with Crippen LogP contribution in [-0.2, 0) is 33.8 Å². The number of carbonyl (C=O) groups excluding carboxylic acids is 1. The quantitative estimate of drug-likeness (QED) is 0.388. The van der Waals surface area contributed by atoms with Gasteiger partial charge in [0.2, 0.25) is 10.0 Å². The molecule has 0 bridgehead atoms. The number of ketones is 1. The number of benzene rings is 2. The summed E-state index contributed by atoms with van der Waals surface area (Å²) in [5.41, 5.74) is 1.98. The average molecular weight is 562 g/mol. The Bertz CT molecular complexity index is 1540. The van der Waals surface area contributed by atoms with Crippen molar-refractivity contribution in [3.63, 3.8) is 0 Å². The predicted molar refractivity (Wildman–Crippen MR) is 148 cm³/mol. The minimum absolute atomic E-state index is 0.242. The molecule has 0 aliphatic rings. The normalized spacial score (nSPS) is 13.8. The molecule has 0 saturated heterocycles. The number of hydrogen-bond donors (Lipinski definition) is 2. The summed E-state index contributed by atoms with van der Waals surface area (Å²) in [7, 11) is -2.19. The van der Waals surface area contributed by atoms with E-state index in [9.17, 15) is 26.6 Å². The molecule has 0 fully saturated rings. The van der Waals surface area contributed by atoms with E-state index in [0.29, 0.717) is 22.3 Å². The number of rotatable bonds is 9. The highest BCUT2D eigenvalue weighted by Crippen LogP contribution is 2.33. The number of hydrogen-bond acceptors (Lipinski definition) is 5. The standard InChI is InChI=1S/C27H32FN3O5S2/c1-17(30-37(34)27(2,3)4)22-14-25(32)31(6)15-24(22)23-13-18(16-38(35,36)29-5)7-12-21(23)26(33)19-8-10-20(28)11-9-19/h7-15,17,29-30H,16H2,1-6H3/t17-,37-/m0/s1. The molecule has 38 heavy (non-hydrogen) atoms. The second-order valence-electron chi connectivity index (χ2n) is 9.99. The van der Waals surface area contributed by atoms with Gasteiger partial charge in [-0.25, -0.2) is 26.5 Å². The fourth-order valence-corrected chi connectivity index (χ4v) is 5.34. The summed E-state index contributed by atoms with van der Waals surface area (Å²) in [5.74, 6) is -1.21. The summed E-state index contributed by atoms with van der Waals surface area (Å²) in [4.78, 5) is 26.2. The van der Waals surface area contributed by atoms with Gasteiger partial charge in [0.15, 0.2) is 5.78 Å². The van der Waals surface area contributed by atoms with Crippen molar-refractivity contribution in [1.29, 1.82) is 0 Å². The van der Waals surface area contributed by atoms with Gasteiger partial charge in [-0.15, -0.1) is 0 Å². The Hall–Kier alpha value is -2.99. The third kappa shape index (κ3) is 6.90. The second-order valence-corrected chi connectivity index (χ2v) is 13.9. The van der Waals surface area contributed by atoms with Crippen LogP contribution in [0.4, 0.5) is 4.39 Å². The zero-order valence-corrected chi connectivity index (χ0v) is 23.8. The molecule has 11 heteroatoms. The molecule has 2 aromatic carbocycles. The van der Waals surface area contributed by atoms with Crippen molar-refractivity contribution in [2.75, 3.05) is 7.05 Å². The number of nitrogens with zero attached hydrogens (tertiary/aromatic N) is 1. The van der Waals surface area contributed by atoms with Gasteiger partial charge in [-0.1, -0.05) is 12.1 Å². The smallest absolute Gasteiger partial charge is 0.250 e. The lowest BCUT2D eigenvalue weighted by Crippen LogP contribution is -2.35. The van der Waals surface area contributed by atoms with Gasteiger partial charge in [-0.2, -0.15) is 0 Å². The van der Waals surface area contributed by atoms with Crippen LogP contribution >= 0.6 is 0 Å². The summed E-state index contributed by atoms with van der Waals surface area (Å²) >= 11 is 0. The maximum Gasteiger partial charge on any atom is 0.250 e. The maximum absolute atomic E-state index is 13.6. The molecular weight excluding hydrogens is 529 g/mol. The van der Waals surface area contributed by atoms with Crippen molar-refractivity contribution < 1.29 is 21.8 Å². The van der Waals surface area contributed by atoms with Crippen molar-refractivity contribution in [2.45, 2.75) is 44.2 Å². The number of nitrogens with one attached hydrogen (secondary N) is 2. The predicted octanol–water partition coefficient (Wildman–Crippen LogP) is 3.58. The lowest BCUT2D eigenvalue weighted by atomic mass is 9.89. The highest BCUT2D eigenvalue weighted by molar-refractivity contribution is 7.88. The SMILES string of the molecule is CNS(=O)(=O)Cc1ccc(C(=O)c2ccc(F)cc2)c(-c2cn(C)c(=O)cc2[C@H](C)N[S@@](=O)C(C)(C)C)c1. The lowest BCUT2D eigenvalue weighted by molar-refractivity contribution is 0.103. The molecule has 0 unspecified atom stereocenters. The molecule has 1 aromatic heterocycles. The van der Waals surface area contributed by atoms with Gasteiger partial charge in [-0.3, -0.25) is 9.59 Å². The molecule has 8 nitrogen and oxygen atoms in total. The molecule has 0 aliphatic heterocycles. The molecule has 3 rings (SSSR count). The Kier molecular flexibility index (Phi) is 8.87. The van der Waals surface area contributed by atoms with E-state index in [1.165, 1.54) is 48.0 Å². The first-order valence-corrected chi connectivity index (χ1v) is 14.7. The molecule has 0 aliphatic carbocycles. The van der Waals surface area contributed by atoms with Crippen LogP contribution in [0.5, 0.6) is 0 Å². The van der Waals surface area contributed by atoms with Crippen LogP contribution in [0.25, 0.3) is 11.1 Å². The van der Waals surface area contributed by atoms with Crippen LogP contribution in [0.3, 0.4) is 0 Å². The summed E-state index contributed by atoms with van der Waals surface area (Å²) in [6.45, 7) is 7.22. The van der Waals surface area contributed by atoms with Crippen LogP contribution in [0.2, 0.25) is 0 Å². The maximum atomic E-state index is 13.6. The van der Waals surface area contributed by atoms with Crippen LogP contribution < -0.4 is 15.0 Å². The van der Waals surface area contributed by atoms with E-state index in [0.717, 1.165) is 0 Å². The minimum Gasteiger partial charge on any atom is -0.318 e.